The zero-order chi connectivity index (χ0) is 13.9. The summed E-state index contributed by atoms with van der Waals surface area (Å²) >= 11 is 0. The summed E-state index contributed by atoms with van der Waals surface area (Å²) in [6.45, 7) is 6.98. The van der Waals surface area contributed by atoms with Crippen molar-refractivity contribution < 1.29 is 4.74 Å². The number of hydrogen-bond acceptors (Lipinski definition) is 3. The molecule has 4 nitrogen and oxygen atoms in total. The molecule has 1 unspecified atom stereocenters. The molecule has 2 heterocycles. The molecule has 0 amide bonds. The molecule has 1 aliphatic rings. The molecule has 20 heavy (non-hydrogen) atoms. The Morgan fingerprint density at radius 3 is 3.10 bits per heavy atom. The van der Waals surface area contributed by atoms with Crippen LogP contribution < -0.4 is 5.32 Å². The van der Waals surface area contributed by atoms with Crippen molar-refractivity contribution in [3.05, 3.63) is 29.1 Å². The van der Waals surface area contributed by atoms with E-state index >= 15 is 0 Å². The van der Waals surface area contributed by atoms with Crippen LogP contribution in [0.1, 0.15) is 29.8 Å². The number of aromatic amines is 1. The predicted octanol–water partition coefficient (Wildman–Crippen LogP) is 2.49. The number of nitrogens with zero attached hydrogens (tertiary/aromatic N) is 1. The molecule has 1 aromatic heterocycles. The van der Waals surface area contributed by atoms with E-state index in [0.717, 1.165) is 43.0 Å². The molecule has 4 heteroatoms. The lowest BCUT2D eigenvalue weighted by Crippen LogP contribution is -2.37. The summed E-state index contributed by atoms with van der Waals surface area (Å²) in [4.78, 5) is 8.15. The normalized spacial score (nSPS) is 19.6. The fourth-order valence-corrected chi connectivity index (χ4v) is 2.78. The van der Waals surface area contributed by atoms with Crippen LogP contribution in [0, 0.1) is 13.8 Å². The topological polar surface area (TPSA) is 49.9 Å². The Hall–Kier alpha value is -1.39. The Kier molecular flexibility index (Phi) is 4.03. The van der Waals surface area contributed by atoms with Crippen LogP contribution in [0.25, 0.3) is 11.0 Å². The highest BCUT2D eigenvalue weighted by Gasteiger charge is 2.13. The van der Waals surface area contributed by atoms with Crippen LogP contribution >= 0.6 is 0 Å². The van der Waals surface area contributed by atoms with Crippen molar-refractivity contribution in [3.63, 3.8) is 0 Å². The summed E-state index contributed by atoms with van der Waals surface area (Å²) in [5.41, 5.74) is 4.83. The maximum atomic E-state index is 5.48. The summed E-state index contributed by atoms with van der Waals surface area (Å²) in [7, 11) is 0. The third kappa shape index (κ3) is 2.86. The number of rotatable bonds is 4. The van der Waals surface area contributed by atoms with Crippen molar-refractivity contribution in [3.8, 4) is 0 Å². The van der Waals surface area contributed by atoms with Gasteiger partial charge in [-0.15, -0.1) is 0 Å². The average Bonchev–Trinajstić information content (AvgIpc) is 2.88. The highest BCUT2D eigenvalue weighted by molar-refractivity contribution is 5.79. The molecule has 0 bridgehead atoms. The summed E-state index contributed by atoms with van der Waals surface area (Å²) in [5.74, 6) is 1.07. The second-order valence-corrected chi connectivity index (χ2v) is 5.71. The zero-order valence-electron chi connectivity index (χ0n) is 12.3. The number of fused-ring (bicyclic) bond motifs is 1. The molecule has 1 fully saturated rings. The van der Waals surface area contributed by atoms with Gasteiger partial charge in [-0.1, -0.05) is 6.07 Å². The van der Waals surface area contributed by atoms with Gasteiger partial charge in [-0.05, 0) is 43.9 Å². The molecule has 0 saturated carbocycles. The summed E-state index contributed by atoms with van der Waals surface area (Å²) in [6, 6.07) is 4.78. The summed E-state index contributed by atoms with van der Waals surface area (Å²) in [6.07, 6.45) is 3.32. The Labute approximate surface area is 119 Å². The van der Waals surface area contributed by atoms with Crippen molar-refractivity contribution in [2.75, 3.05) is 19.8 Å². The maximum Gasteiger partial charge on any atom is 0.108 e. The molecule has 108 valence electrons. The number of hydrogen-bond donors (Lipinski definition) is 2. The Bertz CT molecular complexity index is 585. The molecule has 3 rings (SSSR count). The van der Waals surface area contributed by atoms with Crippen LogP contribution in [-0.2, 0) is 11.2 Å². The van der Waals surface area contributed by atoms with Crippen LogP contribution in [0.5, 0.6) is 0 Å². The molecule has 2 aromatic rings. The molecule has 1 aliphatic heterocycles. The molecule has 2 N–H and O–H groups in total. The lowest BCUT2D eigenvalue weighted by Gasteiger charge is -2.22. The number of aromatic nitrogens is 2. The van der Waals surface area contributed by atoms with Crippen LogP contribution in [0.4, 0.5) is 0 Å². The first-order chi connectivity index (χ1) is 9.74. The minimum absolute atomic E-state index is 0.511. The number of H-pyrrole nitrogens is 1. The Morgan fingerprint density at radius 1 is 1.40 bits per heavy atom. The van der Waals surface area contributed by atoms with E-state index in [1.54, 1.807) is 0 Å². The van der Waals surface area contributed by atoms with E-state index in [-0.39, 0.29) is 0 Å². The molecule has 1 atom stereocenters. The van der Waals surface area contributed by atoms with Crippen LogP contribution in [-0.4, -0.2) is 35.8 Å². The number of imidazole rings is 1. The average molecular weight is 273 g/mol. The highest BCUT2D eigenvalue weighted by atomic mass is 16.5. The van der Waals surface area contributed by atoms with Crippen LogP contribution in [0.2, 0.25) is 0 Å². The number of aryl methyl sites for hydroxylation is 2. The van der Waals surface area contributed by atoms with Gasteiger partial charge in [0.25, 0.3) is 0 Å². The predicted molar refractivity (Wildman–Crippen MR) is 81.1 cm³/mol. The minimum Gasteiger partial charge on any atom is -0.380 e. The van der Waals surface area contributed by atoms with E-state index in [4.69, 9.17) is 9.72 Å². The SMILES string of the molecule is Cc1ccc2[nH]c(CCNC3CCCOC3)nc2c1C. The van der Waals surface area contributed by atoms with Gasteiger partial charge < -0.3 is 15.0 Å². The van der Waals surface area contributed by atoms with E-state index in [1.807, 2.05) is 0 Å². The van der Waals surface area contributed by atoms with E-state index in [1.165, 1.54) is 24.0 Å². The minimum atomic E-state index is 0.511. The third-order valence-electron chi connectivity index (χ3n) is 4.18. The molecule has 0 aliphatic carbocycles. The second kappa shape index (κ2) is 5.94. The van der Waals surface area contributed by atoms with E-state index < -0.39 is 0 Å². The van der Waals surface area contributed by atoms with Crippen LogP contribution in [0.15, 0.2) is 12.1 Å². The first kappa shape index (κ1) is 13.6. The lowest BCUT2D eigenvalue weighted by atomic mass is 10.1. The van der Waals surface area contributed by atoms with Gasteiger partial charge in [0.15, 0.2) is 0 Å². The molecule has 0 spiro atoms. The Morgan fingerprint density at radius 2 is 2.30 bits per heavy atom. The third-order valence-corrected chi connectivity index (χ3v) is 4.18. The lowest BCUT2D eigenvalue weighted by molar-refractivity contribution is 0.0707. The van der Waals surface area contributed by atoms with Gasteiger partial charge in [-0.3, -0.25) is 0 Å². The van der Waals surface area contributed by atoms with E-state index in [0.29, 0.717) is 6.04 Å². The monoisotopic (exact) mass is 273 g/mol. The number of nitrogens with one attached hydrogen (secondary N) is 2. The van der Waals surface area contributed by atoms with Gasteiger partial charge in [-0.2, -0.15) is 0 Å². The first-order valence-electron chi connectivity index (χ1n) is 7.50. The van der Waals surface area contributed by atoms with Gasteiger partial charge in [0.1, 0.15) is 5.82 Å². The van der Waals surface area contributed by atoms with E-state index in [9.17, 15) is 0 Å². The zero-order valence-corrected chi connectivity index (χ0v) is 12.3. The van der Waals surface area contributed by atoms with Crippen molar-refractivity contribution in [1.29, 1.82) is 0 Å². The van der Waals surface area contributed by atoms with Gasteiger partial charge in [0.05, 0.1) is 17.6 Å². The first-order valence-corrected chi connectivity index (χ1v) is 7.50. The maximum absolute atomic E-state index is 5.48. The molecule has 0 radical (unpaired) electrons. The van der Waals surface area contributed by atoms with Crippen molar-refractivity contribution >= 4 is 11.0 Å². The fraction of sp³-hybridized carbons (Fsp3) is 0.562. The second-order valence-electron chi connectivity index (χ2n) is 5.71. The fourth-order valence-electron chi connectivity index (χ4n) is 2.78. The molecule has 1 aromatic carbocycles. The van der Waals surface area contributed by atoms with Gasteiger partial charge >= 0.3 is 0 Å². The van der Waals surface area contributed by atoms with Gasteiger partial charge in [-0.25, -0.2) is 4.98 Å². The highest BCUT2D eigenvalue weighted by Crippen LogP contribution is 2.19. The van der Waals surface area contributed by atoms with Gasteiger partial charge in [0.2, 0.25) is 0 Å². The quantitative estimate of drug-likeness (QED) is 0.900. The molecule has 1 saturated heterocycles. The molecular weight excluding hydrogens is 250 g/mol. The van der Waals surface area contributed by atoms with E-state index in [2.05, 4.69) is 36.3 Å². The van der Waals surface area contributed by atoms with Crippen LogP contribution in [0.3, 0.4) is 0 Å². The largest absolute Gasteiger partial charge is 0.380 e. The summed E-state index contributed by atoms with van der Waals surface area (Å²) < 4.78 is 5.48. The van der Waals surface area contributed by atoms with Crippen molar-refractivity contribution in [1.82, 2.24) is 15.3 Å². The molecular formula is C16H23N3O. The number of benzene rings is 1. The summed E-state index contributed by atoms with van der Waals surface area (Å²) in [5, 5.41) is 3.56. The van der Waals surface area contributed by atoms with Gasteiger partial charge in [0, 0.05) is 25.6 Å². The van der Waals surface area contributed by atoms with Crippen molar-refractivity contribution in [2.24, 2.45) is 0 Å². The standard InChI is InChI=1S/C16H23N3O/c1-11-5-6-14-16(12(11)2)19-15(18-14)7-8-17-13-4-3-9-20-10-13/h5-6,13,17H,3-4,7-10H2,1-2H3,(H,18,19). The van der Waals surface area contributed by atoms with Crippen molar-refractivity contribution in [2.45, 2.75) is 39.2 Å². The Balaban J connectivity index is 1.61. The smallest absolute Gasteiger partial charge is 0.108 e. The number of ether oxygens (including phenoxy) is 1.